The highest BCUT2D eigenvalue weighted by Crippen LogP contribution is 2.22. The topological polar surface area (TPSA) is 58.2 Å². The summed E-state index contributed by atoms with van der Waals surface area (Å²) >= 11 is 3.33. The summed E-state index contributed by atoms with van der Waals surface area (Å²) in [5, 5.41) is 5.24. The van der Waals surface area contributed by atoms with E-state index < -0.39 is 11.7 Å². The fourth-order valence-corrected chi connectivity index (χ4v) is 2.84. The molecule has 0 spiro atoms. The number of nitrogens with one attached hydrogen (secondary N) is 2. The van der Waals surface area contributed by atoms with Crippen LogP contribution in [0.15, 0.2) is 77.3 Å². The lowest BCUT2D eigenvalue weighted by atomic mass is 10.1. The average molecular weight is 413 g/mol. The molecular formula is C20H14BrFN2O2. The summed E-state index contributed by atoms with van der Waals surface area (Å²) < 4.78 is 14.4. The molecule has 0 saturated carbocycles. The Kier molecular flexibility index (Phi) is 5.43. The standard InChI is InChI=1S/C20H14BrFN2O2/c21-15-9-3-1-7-13(15)19(25)23-17-11-5-2-8-14(17)20(26)24-18-12-6-4-10-16(18)22/h1-12H,(H,23,25)(H,24,26). The molecule has 0 aromatic heterocycles. The minimum Gasteiger partial charge on any atom is -0.321 e. The lowest BCUT2D eigenvalue weighted by Crippen LogP contribution is -2.19. The van der Waals surface area contributed by atoms with Gasteiger partial charge in [-0.2, -0.15) is 0 Å². The molecule has 6 heteroatoms. The molecule has 0 aliphatic carbocycles. The first-order valence-electron chi connectivity index (χ1n) is 7.77. The zero-order valence-corrected chi connectivity index (χ0v) is 15.1. The van der Waals surface area contributed by atoms with E-state index in [0.29, 0.717) is 15.7 Å². The first-order chi connectivity index (χ1) is 12.6. The molecule has 0 unspecified atom stereocenters. The molecule has 0 aliphatic heterocycles. The summed E-state index contributed by atoms with van der Waals surface area (Å²) in [6, 6.07) is 19.4. The summed E-state index contributed by atoms with van der Waals surface area (Å²) in [4.78, 5) is 25.0. The number of carbonyl (C=O) groups is 2. The molecule has 130 valence electrons. The Morgan fingerprint density at radius 3 is 1.88 bits per heavy atom. The lowest BCUT2D eigenvalue weighted by Gasteiger charge is -2.12. The SMILES string of the molecule is O=C(Nc1ccccc1C(=O)Nc1ccccc1F)c1ccccc1Br. The third-order valence-corrected chi connectivity index (χ3v) is 4.35. The second kappa shape index (κ2) is 7.93. The van der Waals surface area contributed by atoms with E-state index in [0.717, 1.165) is 0 Å². The van der Waals surface area contributed by atoms with Gasteiger partial charge in [0.05, 0.1) is 22.5 Å². The van der Waals surface area contributed by atoms with Crippen molar-refractivity contribution in [3.05, 3.63) is 94.2 Å². The van der Waals surface area contributed by atoms with Crippen molar-refractivity contribution in [2.24, 2.45) is 0 Å². The van der Waals surface area contributed by atoms with Crippen molar-refractivity contribution >= 4 is 39.1 Å². The van der Waals surface area contributed by atoms with Gasteiger partial charge >= 0.3 is 0 Å². The zero-order valence-electron chi connectivity index (χ0n) is 13.5. The van der Waals surface area contributed by atoms with Gasteiger partial charge in [0, 0.05) is 4.47 Å². The highest BCUT2D eigenvalue weighted by Gasteiger charge is 2.16. The van der Waals surface area contributed by atoms with Crippen LogP contribution in [-0.4, -0.2) is 11.8 Å². The second-order valence-corrected chi connectivity index (χ2v) is 6.27. The maximum absolute atomic E-state index is 13.8. The van der Waals surface area contributed by atoms with Crippen LogP contribution in [-0.2, 0) is 0 Å². The molecule has 26 heavy (non-hydrogen) atoms. The quantitative estimate of drug-likeness (QED) is 0.626. The number of anilines is 2. The molecule has 0 radical (unpaired) electrons. The van der Waals surface area contributed by atoms with E-state index in [9.17, 15) is 14.0 Å². The smallest absolute Gasteiger partial charge is 0.257 e. The Labute approximate surface area is 158 Å². The summed E-state index contributed by atoms with van der Waals surface area (Å²) in [7, 11) is 0. The second-order valence-electron chi connectivity index (χ2n) is 5.41. The number of carbonyl (C=O) groups excluding carboxylic acids is 2. The van der Waals surface area contributed by atoms with E-state index in [4.69, 9.17) is 0 Å². The minimum absolute atomic E-state index is 0.0735. The van der Waals surface area contributed by atoms with Crippen molar-refractivity contribution in [1.29, 1.82) is 0 Å². The first kappa shape index (κ1) is 17.8. The summed E-state index contributed by atoms with van der Waals surface area (Å²) in [6.07, 6.45) is 0. The molecule has 3 aromatic rings. The maximum atomic E-state index is 13.8. The highest BCUT2D eigenvalue weighted by atomic mass is 79.9. The van der Waals surface area contributed by atoms with Crippen molar-refractivity contribution < 1.29 is 14.0 Å². The first-order valence-corrected chi connectivity index (χ1v) is 8.56. The molecule has 0 aliphatic rings. The molecule has 0 bridgehead atoms. The van der Waals surface area contributed by atoms with Gasteiger partial charge in [0.15, 0.2) is 0 Å². The number of halogens is 2. The van der Waals surface area contributed by atoms with E-state index in [2.05, 4.69) is 26.6 Å². The van der Waals surface area contributed by atoms with Crippen LogP contribution in [0.1, 0.15) is 20.7 Å². The fraction of sp³-hybridized carbons (Fsp3) is 0. The highest BCUT2D eigenvalue weighted by molar-refractivity contribution is 9.10. The van der Waals surface area contributed by atoms with Crippen LogP contribution < -0.4 is 10.6 Å². The Morgan fingerprint density at radius 2 is 1.19 bits per heavy atom. The van der Waals surface area contributed by atoms with E-state index >= 15 is 0 Å². The molecule has 2 N–H and O–H groups in total. The largest absolute Gasteiger partial charge is 0.321 e. The molecule has 2 amide bonds. The van der Waals surface area contributed by atoms with E-state index in [1.54, 1.807) is 54.6 Å². The summed E-state index contributed by atoms with van der Waals surface area (Å²) in [5.74, 6) is -1.41. The van der Waals surface area contributed by atoms with Gasteiger partial charge in [-0.15, -0.1) is 0 Å². The molecular weight excluding hydrogens is 399 g/mol. The van der Waals surface area contributed by atoms with Crippen LogP contribution in [0.3, 0.4) is 0 Å². The number of hydrogen-bond donors (Lipinski definition) is 2. The average Bonchev–Trinajstić information content (AvgIpc) is 2.64. The summed E-state index contributed by atoms with van der Waals surface area (Å²) in [5.41, 5.74) is 1.08. The van der Waals surface area contributed by atoms with Crippen molar-refractivity contribution in [3.63, 3.8) is 0 Å². The summed E-state index contributed by atoms with van der Waals surface area (Å²) in [6.45, 7) is 0. The van der Waals surface area contributed by atoms with E-state index in [1.807, 2.05) is 0 Å². The van der Waals surface area contributed by atoms with Gasteiger partial charge < -0.3 is 10.6 Å². The molecule has 0 saturated heterocycles. The van der Waals surface area contributed by atoms with Gasteiger partial charge in [-0.05, 0) is 52.3 Å². The molecule has 0 heterocycles. The molecule has 3 rings (SSSR count). The number of amides is 2. The van der Waals surface area contributed by atoms with Gasteiger partial charge in [-0.1, -0.05) is 36.4 Å². The van der Waals surface area contributed by atoms with Gasteiger partial charge in [0.1, 0.15) is 5.82 Å². The number of hydrogen-bond acceptors (Lipinski definition) is 2. The van der Waals surface area contributed by atoms with Crippen LogP contribution in [0.2, 0.25) is 0 Å². The number of rotatable bonds is 4. The van der Waals surface area contributed by atoms with Crippen molar-refractivity contribution in [1.82, 2.24) is 0 Å². The Bertz CT molecular complexity index is 975. The monoisotopic (exact) mass is 412 g/mol. The third kappa shape index (κ3) is 3.97. The van der Waals surface area contributed by atoms with E-state index in [-0.39, 0.29) is 17.2 Å². The Hall–Kier alpha value is -2.99. The zero-order chi connectivity index (χ0) is 18.5. The van der Waals surface area contributed by atoms with Crippen molar-refractivity contribution in [2.75, 3.05) is 10.6 Å². The Morgan fingerprint density at radius 1 is 0.692 bits per heavy atom. The third-order valence-electron chi connectivity index (χ3n) is 3.66. The Balaban J connectivity index is 1.84. The maximum Gasteiger partial charge on any atom is 0.257 e. The predicted octanol–water partition coefficient (Wildman–Crippen LogP) is 5.09. The van der Waals surface area contributed by atoms with Crippen LogP contribution in [0, 0.1) is 5.82 Å². The molecule has 0 fully saturated rings. The van der Waals surface area contributed by atoms with Crippen molar-refractivity contribution in [2.45, 2.75) is 0 Å². The van der Waals surface area contributed by atoms with Crippen LogP contribution in [0.5, 0.6) is 0 Å². The fourth-order valence-electron chi connectivity index (χ4n) is 2.38. The molecule has 4 nitrogen and oxygen atoms in total. The molecule has 3 aromatic carbocycles. The molecule has 0 atom stereocenters. The van der Waals surface area contributed by atoms with Crippen molar-refractivity contribution in [3.8, 4) is 0 Å². The van der Waals surface area contributed by atoms with Gasteiger partial charge in [0.25, 0.3) is 11.8 Å². The minimum atomic E-state index is -0.532. The predicted molar refractivity (Wildman–Crippen MR) is 103 cm³/mol. The van der Waals surface area contributed by atoms with Crippen LogP contribution in [0.4, 0.5) is 15.8 Å². The van der Waals surface area contributed by atoms with Gasteiger partial charge in [-0.25, -0.2) is 4.39 Å². The van der Waals surface area contributed by atoms with Gasteiger partial charge in [0.2, 0.25) is 0 Å². The number of benzene rings is 3. The lowest BCUT2D eigenvalue weighted by molar-refractivity contribution is 0.102. The van der Waals surface area contributed by atoms with Crippen LogP contribution >= 0.6 is 15.9 Å². The normalized spacial score (nSPS) is 10.2. The van der Waals surface area contributed by atoms with Gasteiger partial charge in [-0.3, -0.25) is 9.59 Å². The number of para-hydroxylation sites is 2. The van der Waals surface area contributed by atoms with E-state index in [1.165, 1.54) is 18.2 Å². The van der Waals surface area contributed by atoms with Crippen LogP contribution in [0.25, 0.3) is 0 Å².